The summed E-state index contributed by atoms with van der Waals surface area (Å²) in [5, 5.41) is 7.78. The molecule has 0 aromatic heterocycles. The molecule has 0 saturated heterocycles. The van der Waals surface area contributed by atoms with Gasteiger partial charge in [-0.1, -0.05) is 158 Å². The highest BCUT2D eigenvalue weighted by atomic mass is 14.3. The van der Waals surface area contributed by atoms with Crippen LogP contribution in [-0.4, -0.2) is 0 Å². The highest BCUT2D eigenvalue weighted by Crippen LogP contribution is 2.49. The summed E-state index contributed by atoms with van der Waals surface area (Å²) < 4.78 is 0. The van der Waals surface area contributed by atoms with E-state index in [2.05, 4.69) is 170 Å². The molecule has 0 heteroatoms. The Morgan fingerprint density at radius 1 is 0.400 bits per heavy atom. The Bertz CT molecular complexity index is 2690. The Labute approximate surface area is 293 Å². The van der Waals surface area contributed by atoms with Crippen molar-refractivity contribution in [3.8, 4) is 33.4 Å². The van der Waals surface area contributed by atoms with Crippen LogP contribution in [0.1, 0.15) is 35.1 Å². The minimum Gasteiger partial charge on any atom is -0.0760 e. The van der Waals surface area contributed by atoms with Crippen LogP contribution in [0.5, 0.6) is 0 Å². The van der Waals surface area contributed by atoms with E-state index in [1.165, 1.54) is 99.1 Å². The smallest absolute Gasteiger partial charge is 0.00204 e. The summed E-state index contributed by atoms with van der Waals surface area (Å²) in [6, 6.07) is 58.6. The average Bonchev–Trinajstić information content (AvgIpc) is 3.19. The second-order valence-electron chi connectivity index (χ2n) is 13.8. The van der Waals surface area contributed by atoms with Crippen LogP contribution in [-0.2, 0) is 12.8 Å². The van der Waals surface area contributed by atoms with Gasteiger partial charge < -0.3 is 0 Å². The maximum Gasteiger partial charge on any atom is -0.00204 e. The van der Waals surface area contributed by atoms with Gasteiger partial charge >= 0.3 is 0 Å². The fraction of sp³-hybridized carbons (Fsp3) is 0.0800. The minimum atomic E-state index is 1.03. The highest BCUT2D eigenvalue weighted by molar-refractivity contribution is 6.11. The molecule has 0 amide bonds. The summed E-state index contributed by atoms with van der Waals surface area (Å²) in [6.45, 7) is 0. The molecule has 0 saturated carbocycles. The Morgan fingerprint density at radius 2 is 1.08 bits per heavy atom. The summed E-state index contributed by atoms with van der Waals surface area (Å²) in [4.78, 5) is 0. The average molecular weight is 637 g/mol. The number of rotatable bonds is 4. The Kier molecular flexibility index (Phi) is 6.88. The van der Waals surface area contributed by atoms with Gasteiger partial charge in [-0.25, -0.2) is 0 Å². The highest BCUT2D eigenvalue weighted by Gasteiger charge is 2.26. The topological polar surface area (TPSA) is 0 Å². The Morgan fingerprint density at radius 3 is 2.00 bits per heavy atom. The zero-order valence-corrected chi connectivity index (χ0v) is 28.0. The predicted molar refractivity (Wildman–Crippen MR) is 214 cm³/mol. The van der Waals surface area contributed by atoms with Crippen LogP contribution in [0.4, 0.5) is 0 Å². The molecule has 50 heavy (non-hydrogen) atoms. The van der Waals surface area contributed by atoms with Gasteiger partial charge in [0.25, 0.3) is 0 Å². The molecule has 236 valence electrons. The summed E-state index contributed by atoms with van der Waals surface area (Å²) in [7, 11) is 0. The van der Waals surface area contributed by atoms with Gasteiger partial charge in [0, 0.05) is 0 Å². The first-order chi connectivity index (χ1) is 24.8. The molecule has 2 aliphatic rings. The van der Waals surface area contributed by atoms with Crippen molar-refractivity contribution >= 4 is 44.0 Å². The van der Waals surface area contributed by atoms with Crippen molar-refractivity contribution in [3.05, 3.63) is 192 Å². The normalized spacial score (nSPS) is 13.9. The molecule has 0 nitrogen and oxygen atoms in total. The number of aryl methyl sites for hydroxylation is 2. The zero-order chi connectivity index (χ0) is 33.0. The van der Waals surface area contributed by atoms with E-state index in [1.807, 2.05) is 0 Å². The van der Waals surface area contributed by atoms with Gasteiger partial charge in [-0.2, -0.15) is 0 Å². The number of hydrogen-bond acceptors (Lipinski definition) is 0. The molecule has 2 aliphatic carbocycles. The van der Waals surface area contributed by atoms with Crippen LogP contribution in [0.3, 0.4) is 0 Å². The fourth-order valence-corrected chi connectivity index (χ4v) is 8.73. The zero-order valence-electron chi connectivity index (χ0n) is 28.0. The molecule has 10 rings (SSSR count). The molecule has 0 radical (unpaired) electrons. The fourth-order valence-electron chi connectivity index (χ4n) is 8.73. The second-order valence-corrected chi connectivity index (χ2v) is 13.8. The lowest BCUT2D eigenvalue weighted by molar-refractivity contribution is 0.940. The summed E-state index contributed by atoms with van der Waals surface area (Å²) in [5.74, 6) is 0. The molecule has 0 heterocycles. The van der Waals surface area contributed by atoms with Crippen LogP contribution >= 0.6 is 0 Å². The third-order valence-corrected chi connectivity index (χ3v) is 11.0. The molecule has 0 aliphatic heterocycles. The predicted octanol–water partition coefficient (Wildman–Crippen LogP) is 13.5. The third-order valence-electron chi connectivity index (χ3n) is 11.0. The molecule has 0 unspecified atom stereocenters. The monoisotopic (exact) mass is 636 g/mol. The van der Waals surface area contributed by atoms with Crippen molar-refractivity contribution in [2.24, 2.45) is 0 Å². The van der Waals surface area contributed by atoms with Crippen molar-refractivity contribution in [1.82, 2.24) is 0 Å². The lowest BCUT2D eigenvalue weighted by Crippen LogP contribution is -2.08. The first-order valence-electron chi connectivity index (χ1n) is 17.9. The van der Waals surface area contributed by atoms with Gasteiger partial charge in [-0.05, 0) is 137 Å². The van der Waals surface area contributed by atoms with Gasteiger partial charge in [0.15, 0.2) is 0 Å². The largest absolute Gasteiger partial charge is 0.0760 e. The van der Waals surface area contributed by atoms with Gasteiger partial charge in [0.2, 0.25) is 0 Å². The van der Waals surface area contributed by atoms with E-state index in [0.717, 1.165) is 25.7 Å². The molecule has 0 bridgehead atoms. The number of hydrogen-bond donors (Lipinski definition) is 0. The van der Waals surface area contributed by atoms with E-state index in [4.69, 9.17) is 0 Å². The summed E-state index contributed by atoms with van der Waals surface area (Å²) in [5.41, 5.74) is 16.3. The standard InChI is InChI=1S/C50H36/c1-2-15-36-30-40(27-26-33(36)12-1)50-48-32-38(44-25-11-17-35-14-4-6-21-42(35)44)28-29-46(48)45-22-7-8-23-47(45)49(50)39-19-9-18-37(31-39)43-24-10-16-34-13-3-5-20-41(34)43/h1-10,12-16,18-27,30-32H,11,17,28-29H2. The van der Waals surface area contributed by atoms with Gasteiger partial charge in [-0.3, -0.25) is 0 Å². The Balaban J connectivity index is 1.28. The van der Waals surface area contributed by atoms with E-state index < -0.39 is 0 Å². The van der Waals surface area contributed by atoms with Crippen LogP contribution in [0.2, 0.25) is 0 Å². The lowest BCUT2D eigenvalue weighted by atomic mass is 9.76. The van der Waals surface area contributed by atoms with E-state index in [9.17, 15) is 0 Å². The van der Waals surface area contributed by atoms with Crippen molar-refractivity contribution in [2.45, 2.75) is 25.7 Å². The van der Waals surface area contributed by atoms with E-state index in [-0.39, 0.29) is 0 Å². The SMILES string of the molecule is C1=C(C2=CCCc3ccccc32)CCc2c1c(-c1ccc3ccccc3c1)c(-c1cccc(-c3cccc4ccccc34)c1)c1ccccc21. The van der Waals surface area contributed by atoms with Crippen molar-refractivity contribution in [3.63, 3.8) is 0 Å². The van der Waals surface area contributed by atoms with Gasteiger partial charge in [0.1, 0.15) is 0 Å². The van der Waals surface area contributed by atoms with Crippen LogP contribution in [0, 0.1) is 0 Å². The lowest BCUT2D eigenvalue weighted by Gasteiger charge is -2.28. The number of allylic oxidation sites excluding steroid dienone is 3. The molecular weight excluding hydrogens is 601 g/mol. The number of fused-ring (bicyclic) bond motifs is 6. The van der Waals surface area contributed by atoms with Crippen molar-refractivity contribution in [2.75, 3.05) is 0 Å². The van der Waals surface area contributed by atoms with Crippen molar-refractivity contribution < 1.29 is 0 Å². The molecule has 0 fully saturated rings. The molecular formula is C50H36. The maximum absolute atomic E-state index is 2.56. The van der Waals surface area contributed by atoms with Gasteiger partial charge in [0.05, 0.1) is 0 Å². The van der Waals surface area contributed by atoms with E-state index in [1.54, 1.807) is 0 Å². The molecule has 8 aromatic rings. The maximum atomic E-state index is 2.56. The molecule has 0 atom stereocenters. The third kappa shape index (κ3) is 4.75. The van der Waals surface area contributed by atoms with Crippen LogP contribution in [0.15, 0.2) is 169 Å². The molecule has 8 aromatic carbocycles. The number of benzene rings is 8. The van der Waals surface area contributed by atoms with Crippen LogP contribution in [0.25, 0.3) is 77.3 Å². The minimum absolute atomic E-state index is 1.03. The second kappa shape index (κ2) is 11.9. The first-order valence-corrected chi connectivity index (χ1v) is 17.9. The Hall–Kier alpha value is -5.98. The summed E-state index contributed by atoms with van der Waals surface area (Å²) in [6.07, 6.45) is 9.33. The molecule has 0 spiro atoms. The first kappa shape index (κ1) is 29.0. The quantitative estimate of drug-likeness (QED) is 0.180. The van der Waals surface area contributed by atoms with Gasteiger partial charge in [-0.15, -0.1) is 0 Å². The van der Waals surface area contributed by atoms with Crippen LogP contribution < -0.4 is 0 Å². The van der Waals surface area contributed by atoms with E-state index >= 15 is 0 Å². The van der Waals surface area contributed by atoms with Crippen molar-refractivity contribution in [1.29, 1.82) is 0 Å². The summed E-state index contributed by atoms with van der Waals surface area (Å²) >= 11 is 0. The molecule has 0 N–H and O–H groups in total. The van der Waals surface area contributed by atoms with E-state index in [0.29, 0.717) is 0 Å².